The molecule has 34 heavy (non-hydrogen) atoms. The Morgan fingerprint density at radius 1 is 0.971 bits per heavy atom. The number of ether oxygens (including phenoxy) is 1. The number of hydrogen-bond donors (Lipinski definition) is 1. The third-order valence-corrected chi connectivity index (χ3v) is 6.05. The largest absolute Gasteiger partial charge is 0.494 e. The lowest BCUT2D eigenvalue weighted by atomic mass is 10.1. The van der Waals surface area contributed by atoms with Gasteiger partial charge in [-0.05, 0) is 67.6 Å². The van der Waals surface area contributed by atoms with Gasteiger partial charge in [-0.2, -0.15) is 0 Å². The van der Waals surface area contributed by atoms with Crippen molar-refractivity contribution >= 4 is 16.9 Å². The summed E-state index contributed by atoms with van der Waals surface area (Å²) in [4.78, 5) is 17.3. The molecule has 0 atom stereocenters. The van der Waals surface area contributed by atoms with Crippen molar-refractivity contribution in [1.29, 1.82) is 0 Å². The van der Waals surface area contributed by atoms with Crippen LogP contribution < -0.4 is 10.1 Å². The molecule has 176 valence electrons. The zero-order chi connectivity index (χ0) is 23.8. The number of amides is 1. The first-order chi connectivity index (χ1) is 16.6. The van der Waals surface area contributed by atoms with Gasteiger partial charge in [0.25, 0.3) is 0 Å². The highest BCUT2D eigenvalue weighted by molar-refractivity contribution is 5.79. The van der Waals surface area contributed by atoms with Crippen LogP contribution in [-0.4, -0.2) is 28.6 Å². The van der Waals surface area contributed by atoms with Crippen LogP contribution in [0.25, 0.3) is 11.0 Å². The van der Waals surface area contributed by atoms with Crippen LogP contribution >= 0.6 is 0 Å². The SMILES string of the molecule is Cc1cccc(OCCCCn2c(CCNC(=O)Cc3ccccc3C)nc3ccccc32)c1. The fourth-order valence-corrected chi connectivity index (χ4v) is 4.19. The minimum Gasteiger partial charge on any atom is -0.494 e. The molecule has 0 bridgehead atoms. The van der Waals surface area contributed by atoms with Gasteiger partial charge in [0.05, 0.1) is 24.1 Å². The van der Waals surface area contributed by atoms with Gasteiger partial charge >= 0.3 is 0 Å². The summed E-state index contributed by atoms with van der Waals surface area (Å²) < 4.78 is 8.19. The number of aryl methyl sites for hydroxylation is 3. The maximum absolute atomic E-state index is 12.4. The molecule has 1 heterocycles. The van der Waals surface area contributed by atoms with Crippen molar-refractivity contribution in [3.63, 3.8) is 0 Å². The normalized spacial score (nSPS) is 11.0. The van der Waals surface area contributed by atoms with E-state index in [-0.39, 0.29) is 5.91 Å². The Labute approximate surface area is 201 Å². The Hall–Kier alpha value is -3.60. The molecule has 0 saturated heterocycles. The van der Waals surface area contributed by atoms with Crippen molar-refractivity contribution in [3.8, 4) is 5.75 Å². The van der Waals surface area contributed by atoms with Crippen molar-refractivity contribution in [2.45, 2.75) is 46.1 Å². The second-order valence-electron chi connectivity index (χ2n) is 8.74. The number of rotatable bonds is 11. The first kappa shape index (κ1) is 23.6. The summed E-state index contributed by atoms with van der Waals surface area (Å²) in [6, 6.07) is 24.4. The molecule has 0 spiro atoms. The van der Waals surface area contributed by atoms with Crippen LogP contribution in [0.3, 0.4) is 0 Å². The van der Waals surface area contributed by atoms with Gasteiger partial charge in [0.15, 0.2) is 0 Å². The molecular formula is C29H33N3O2. The number of nitrogens with one attached hydrogen (secondary N) is 1. The Balaban J connectivity index is 1.30. The first-order valence-electron chi connectivity index (χ1n) is 12.0. The molecule has 0 saturated carbocycles. The van der Waals surface area contributed by atoms with Crippen molar-refractivity contribution in [3.05, 3.63) is 95.3 Å². The van der Waals surface area contributed by atoms with Crippen LogP contribution in [-0.2, 0) is 24.2 Å². The predicted molar refractivity (Wildman–Crippen MR) is 137 cm³/mol. The minimum absolute atomic E-state index is 0.0465. The van der Waals surface area contributed by atoms with Crippen LogP contribution in [0.4, 0.5) is 0 Å². The Morgan fingerprint density at radius 2 is 1.79 bits per heavy atom. The number of carbonyl (C=O) groups is 1. The summed E-state index contributed by atoms with van der Waals surface area (Å²) >= 11 is 0. The molecule has 0 radical (unpaired) electrons. The number of carbonyl (C=O) groups excluding carboxylic acids is 1. The summed E-state index contributed by atoms with van der Waals surface area (Å²) in [6.45, 7) is 6.26. The van der Waals surface area contributed by atoms with E-state index in [2.05, 4.69) is 41.1 Å². The smallest absolute Gasteiger partial charge is 0.224 e. The topological polar surface area (TPSA) is 56.1 Å². The van der Waals surface area contributed by atoms with Gasteiger partial charge in [-0.15, -0.1) is 0 Å². The highest BCUT2D eigenvalue weighted by Crippen LogP contribution is 2.18. The van der Waals surface area contributed by atoms with E-state index in [0.717, 1.165) is 53.1 Å². The van der Waals surface area contributed by atoms with E-state index < -0.39 is 0 Å². The quantitative estimate of drug-likeness (QED) is 0.308. The Bertz CT molecular complexity index is 1250. The molecule has 0 aliphatic heterocycles. The van der Waals surface area contributed by atoms with E-state index in [1.807, 2.05) is 55.5 Å². The van der Waals surface area contributed by atoms with Gasteiger partial charge in [-0.25, -0.2) is 4.98 Å². The number of para-hydroxylation sites is 2. The second kappa shape index (κ2) is 11.5. The lowest BCUT2D eigenvalue weighted by molar-refractivity contribution is -0.120. The standard InChI is InChI=1S/C29H33N3O2/c1-22-10-9-13-25(20-22)34-19-8-7-18-32-27-15-6-5-14-26(27)31-28(32)16-17-30-29(33)21-24-12-4-3-11-23(24)2/h3-6,9-15,20H,7-8,16-19,21H2,1-2H3,(H,30,33). The fraction of sp³-hybridized carbons (Fsp3) is 0.310. The minimum atomic E-state index is 0.0465. The summed E-state index contributed by atoms with van der Waals surface area (Å²) in [5.41, 5.74) is 5.56. The third kappa shape index (κ3) is 6.25. The van der Waals surface area contributed by atoms with Crippen LogP contribution in [0.1, 0.15) is 35.4 Å². The molecule has 0 aliphatic carbocycles. The average molecular weight is 456 g/mol. The molecule has 0 unspecified atom stereocenters. The predicted octanol–water partition coefficient (Wildman–Crippen LogP) is 5.41. The summed E-state index contributed by atoms with van der Waals surface area (Å²) in [5, 5.41) is 3.07. The highest BCUT2D eigenvalue weighted by Gasteiger charge is 2.11. The third-order valence-electron chi connectivity index (χ3n) is 6.05. The molecule has 3 aromatic carbocycles. The Morgan fingerprint density at radius 3 is 2.65 bits per heavy atom. The van der Waals surface area contributed by atoms with Crippen LogP contribution in [0.2, 0.25) is 0 Å². The monoisotopic (exact) mass is 455 g/mol. The number of hydrogen-bond acceptors (Lipinski definition) is 3. The maximum atomic E-state index is 12.4. The lowest BCUT2D eigenvalue weighted by Gasteiger charge is -2.11. The maximum Gasteiger partial charge on any atom is 0.224 e. The van der Waals surface area contributed by atoms with Crippen molar-refractivity contribution in [2.24, 2.45) is 0 Å². The summed E-state index contributed by atoms with van der Waals surface area (Å²) in [6.07, 6.45) is 3.07. The van der Waals surface area contributed by atoms with Gasteiger partial charge in [0.1, 0.15) is 11.6 Å². The number of fused-ring (bicyclic) bond motifs is 1. The number of unbranched alkanes of at least 4 members (excludes halogenated alkanes) is 1. The van der Waals surface area contributed by atoms with E-state index >= 15 is 0 Å². The molecule has 5 nitrogen and oxygen atoms in total. The van der Waals surface area contributed by atoms with E-state index in [9.17, 15) is 4.79 Å². The molecule has 1 N–H and O–H groups in total. The second-order valence-corrected chi connectivity index (χ2v) is 8.74. The lowest BCUT2D eigenvalue weighted by Crippen LogP contribution is -2.28. The molecule has 1 amide bonds. The van der Waals surface area contributed by atoms with E-state index in [4.69, 9.17) is 9.72 Å². The highest BCUT2D eigenvalue weighted by atomic mass is 16.5. The van der Waals surface area contributed by atoms with Gasteiger partial charge in [0.2, 0.25) is 5.91 Å². The van der Waals surface area contributed by atoms with E-state index in [1.165, 1.54) is 5.56 Å². The molecular weight excluding hydrogens is 422 g/mol. The van der Waals surface area contributed by atoms with Gasteiger partial charge in [0, 0.05) is 19.5 Å². The zero-order valence-corrected chi connectivity index (χ0v) is 20.1. The number of imidazole rings is 1. The van der Waals surface area contributed by atoms with Gasteiger partial charge in [-0.3, -0.25) is 4.79 Å². The number of nitrogens with zero attached hydrogens (tertiary/aromatic N) is 2. The first-order valence-corrected chi connectivity index (χ1v) is 12.0. The van der Waals surface area contributed by atoms with Crippen molar-refractivity contribution in [1.82, 2.24) is 14.9 Å². The van der Waals surface area contributed by atoms with Gasteiger partial charge in [-0.1, -0.05) is 48.5 Å². The molecule has 5 heteroatoms. The van der Waals surface area contributed by atoms with Crippen LogP contribution in [0.5, 0.6) is 5.75 Å². The summed E-state index contributed by atoms with van der Waals surface area (Å²) in [7, 11) is 0. The van der Waals surface area contributed by atoms with Gasteiger partial charge < -0.3 is 14.6 Å². The fourth-order valence-electron chi connectivity index (χ4n) is 4.19. The zero-order valence-electron chi connectivity index (χ0n) is 20.1. The molecule has 4 aromatic rings. The summed E-state index contributed by atoms with van der Waals surface area (Å²) in [5.74, 6) is 1.98. The van der Waals surface area contributed by atoms with E-state index in [0.29, 0.717) is 26.0 Å². The number of benzene rings is 3. The van der Waals surface area contributed by atoms with Crippen LogP contribution in [0.15, 0.2) is 72.8 Å². The van der Waals surface area contributed by atoms with Crippen molar-refractivity contribution in [2.75, 3.05) is 13.2 Å². The average Bonchev–Trinajstić information content (AvgIpc) is 3.18. The molecule has 1 aromatic heterocycles. The molecule has 4 rings (SSSR count). The molecule has 0 fully saturated rings. The van der Waals surface area contributed by atoms with Crippen LogP contribution in [0, 0.1) is 13.8 Å². The number of aromatic nitrogens is 2. The Kier molecular flexibility index (Phi) is 7.97. The molecule has 0 aliphatic rings. The van der Waals surface area contributed by atoms with E-state index in [1.54, 1.807) is 0 Å². The van der Waals surface area contributed by atoms with Crippen molar-refractivity contribution < 1.29 is 9.53 Å².